The minimum atomic E-state index is -1.14. The van der Waals surface area contributed by atoms with E-state index in [1.165, 1.54) is 26.0 Å². The van der Waals surface area contributed by atoms with Gasteiger partial charge in [0.15, 0.2) is 0 Å². The van der Waals surface area contributed by atoms with E-state index in [2.05, 4.69) is 13.8 Å². The van der Waals surface area contributed by atoms with Gasteiger partial charge in [-0.1, -0.05) is 50.3 Å². The molecule has 2 aromatic carbocycles. The maximum atomic E-state index is 11.7. The Labute approximate surface area is 218 Å². The van der Waals surface area contributed by atoms with Crippen molar-refractivity contribution in [1.82, 2.24) is 0 Å². The van der Waals surface area contributed by atoms with Gasteiger partial charge in [-0.05, 0) is 63.1 Å². The number of aliphatic hydroxyl groups excluding tert-OH is 2. The molecule has 200 valence electrons. The highest BCUT2D eigenvalue weighted by Gasteiger charge is 2.26. The molecule has 4 unspecified atom stereocenters. The minimum absolute atomic E-state index is 0.388. The predicted octanol–water partition coefficient (Wildman–Crippen LogP) is 4.42. The number of ether oxygens (including phenoxy) is 4. The van der Waals surface area contributed by atoms with Crippen molar-refractivity contribution in [2.45, 2.75) is 71.7 Å². The van der Waals surface area contributed by atoms with Crippen LogP contribution in [-0.4, -0.2) is 46.9 Å². The van der Waals surface area contributed by atoms with Crippen LogP contribution in [0.3, 0.4) is 0 Å². The number of allylic oxidation sites excluding steroid dienone is 2. The Morgan fingerprint density at radius 3 is 1.30 bits per heavy atom. The van der Waals surface area contributed by atoms with Crippen LogP contribution in [0.25, 0.3) is 0 Å². The Morgan fingerprint density at radius 1 is 0.703 bits per heavy atom. The van der Waals surface area contributed by atoms with Gasteiger partial charge in [-0.25, -0.2) is 9.59 Å². The molecule has 4 atom stereocenters. The Hall–Kier alpha value is -3.62. The van der Waals surface area contributed by atoms with Gasteiger partial charge in [-0.2, -0.15) is 0 Å². The van der Waals surface area contributed by atoms with Crippen LogP contribution in [0.1, 0.15) is 52.7 Å². The van der Waals surface area contributed by atoms with E-state index in [-0.39, 0.29) is 5.41 Å². The summed E-state index contributed by atoms with van der Waals surface area (Å²) in [5.74, 6) is -0.318. The molecule has 8 heteroatoms. The zero-order valence-electron chi connectivity index (χ0n) is 22.1. The van der Waals surface area contributed by atoms with Gasteiger partial charge in [-0.3, -0.25) is 0 Å². The molecule has 0 aliphatic heterocycles. The fourth-order valence-corrected chi connectivity index (χ4v) is 3.36. The predicted molar refractivity (Wildman–Crippen MR) is 139 cm³/mol. The van der Waals surface area contributed by atoms with Crippen molar-refractivity contribution in [3.8, 4) is 11.5 Å². The second kappa shape index (κ2) is 13.6. The average Bonchev–Trinajstić information content (AvgIpc) is 2.84. The Bertz CT molecular complexity index is 981. The number of hydrogen-bond acceptors (Lipinski definition) is 8. The van der Waals surface area contributed by atoms with Crippen molar-refractivity contribution in [2.75, 3.05) is 0 Å². The molecule has 0 amide bonds. The number of carbonyl (C=O) groups excluding carboxylic acids is 2. The first-order chi connectivity index (χ1) is 17.5. The summed E-state index contributed by atoms with van der Waals surface area (Å²) in [5.41, 5.74) is 1.60. The molecule has 2 aromatic rings. The standard InChI is InChI=1S/C29H36O8/c1-7-9-25(32)36-27(19(3)30)34-23-15-11-21(12-16-23)29(5,6)22-13-17-24(18-14-22)35-28(20(4)31)37-26(33)10-8-2/h7-20,27-28,30-31H,1-6H3. The molecule has 0 saturated carbocycles. The van der Waals surface area contributed by atoms with E-state index in [4.69, 9.17) is 18.9 Å². The van der Waals surface area contributed by atoms with Crippen molar-refractivity contribution >= 4 is 11.9 Å². The van der Waals surface area contributed by atoms with Crippen LogP contribution in [0.15, 0.2) is 72.8 Å². The van der Waals surface area contributed by atoms with E-state index in [0.717, 1.165) is 11.1 Å². The summed E-state index contributed by atoms with van der Waals surface area (Å²) in [7, 11) is 0. The Balaban J connectivity index is 2.12. The fraction of sp³-hybridized carbons (Fsp3) is 0.379. The molecular weight excluding hydrogens is 476 g/mol. The van der Waals surface area contributed by atoms with E-state index >= 15 is 0 Å². The first-order valence-electron chi connectivity index (χ1n) is 12.0. The van der Waals surface area contributed by atoms with Crippen LogP contribution in [0.2, 0.25) is 0 Å². The highest BCUT2D eigenvalue weighted by atomic mass is 16.7. The molecule has 2 rings (SSSR count). The molecule has 37 heavy (non-hydrogen) atoms. The summed E-state index contributed by atoms with van der Waals surface area (Å²) in [6.07, 6.45) is 1.27. The molecule has 0 aliphatic carbocycles. The third-order valence-corrected chi connectivity index (χ3v) is 5.51. The third kappa shape index (κ3) is 8.77. The monoisotopic (exact) mass is 512 g/mol. The number of benzene rings is 2. The van der Waals surface area contributed by atoms with Gasteiger partial charge < -0.3 is 29.2 Å². The Kier molecular flexibility index (Phi) is 10.9. The second-order valence-corrected chi connectivity index (χ2v) is 9.00. The van der Waals surface area contributed by atoms with Gasteiger partial charge in [-0.15, -0.1) is 0 Å². The third-order valence-electron chi connectivity index (χ3n) is 5.51. The van der Waals surface area contributed by atoms with E-state index < -0.39 is 36.7 Å². The zero-order chi connectivity index (χ0) is 27.6. The van der Waals surface area contributed by atoms with Gasteiger partial charge in [0, 0.05) is 17.6 Å². The molecular formula is C29H36O8. The summed E-state index contributed by atoms with van der Waals surface area (Å²) in [4.78, 5) is 23.5. The first kappa shape index (κ1) is 29.6. The number of aliphatic hydroxyl groups is 2. The summed E-state index contributed by atoms with van der Waals surface area (Å²) in [6, 6.07) is 14.6. The molecule has 0 bridgehead atoms. The number of carbonyl (C=O) groups is 2. The highest BCUT2D eigenvalue weighted by molar-refractivity contribution is 5.82. The number of rotatable bonds is 12. The first-order valence-corrected chi connectivity index (χ1v) is 12.0. The largest absolute Gasteiger partial charge is 0.452 e. The summed E-state index contributed by atoms with van der Waals surface area (Å²) in [5, 5.41) is 19.8. The van der Waals surface area contributed by atoms with Crippen molar-refractivity contribution in [1.29, 1.82) is 0 Å². The number of hydrogen-bond donors (Lipinski definition) is 2. The molecule has 0 radical (unpaired) electrons. The van der Waals surface area contributed by atoms with E-state index in [9.17, 15) is 19.8 Å². The van der Waals surface area contributed by atoms with Crippen molar-refractivity contribution in [2.24, 2.45) is 0 Å². The fourth-order valence-electron chi connectivity index (χ4n) is 3.36. The second-order valence-electron chi connectivity index (χ2n) is 9.00. The van der Waals surface area contributed by atoms with Gasteiger partial charge >= 0.3 is 11.9 Å². The van der Waals surface area contributed by atoms with Crippen molar-refractivity contribution < 1.29 is 38.7 Å². The molecule has 0 saturated heterocycles. The van der Waals surface area contributed by atoms with Crippen LogP contribution in [0.4, 0.5) is 0 Å². The normalized spacial score (nSPS) is 15.1. The highest BCUT2D eigenvalue weighted by Crippen LogP contribution is 2.33. The lowest BCUT2D eigenvalue weighted by atomic mass is 9.78. The van der Waals surface area contributed by atoms with Gasteiger partial charge in [0.05, 0.1) is 0 Å². The van der Waals surface area contributed by atoms with Gasteiger partial charge in [0.25, 0.3) is 12.6 Å². The van der Waals surface area contributed by atoms with Gasteiger partial charge in [0.1, 0.15) is 23.7 Å². The minimum Gasteiger partial charge on any atom is -0.452 e. The topological polar surface area (TPSA) is 112 Å². The molecule has 8 nitrogen and oxygen atoms in total. The average molecular weight is 513 g/mol. The lowest BCUT2D eigenvalue weighted by Crippen LogP contribution is -2.34. The molecule has 0 aromatic heterocycles. The molecule has 2 N–H and O–H groups in total. The maximum Gasteiger partial charge on any atom is 0.333 e. The van der Waals surface area contributed by atoms with Crippen molar-refractivity contribution in [3.63, 3.8) is 0 Å². The lowest BCUT2D eigenvalue weighted by Gasteiger charge is -2.27. The zero-order valence-corrected chi connectivity index (χ0v) is 22.1. The van der Waals surface area contributed by atoms with E-state index in [0.29, 0.717) is 11.5 Å². The van der Waals surface area contributed by atoms with Gasteiger partial charge in [0.2, 0.25) is 0 Å². The van der Waals surface area contributed by atoms with Crippen molar-refractivity contribution in [3.05, 3.63) is 84.0 Å². The summed E-state index contributed by atoms with van der Waals surface area (Å²) in [6.45, 7) is 10.5. The molecule has 0 spiro atoms. The molecule has 0 fully saturated rings. The summed E-state index contributed by atoms with van der Waals surface area (Å²) < 4.78 is 21.7. The lowest BCUT2D eigenvalue weighted by molar-refractivity contribution is -0.172. The quantitative estimate of drug-likeness (QED) is 0.244. The number of esters is 2. The molecule has 0 heterocycles. The van der Waals surface area contributed by atoms with Crippen LogP contribution in [0, 0.1) is 0 Å². The van der Waals surface area contributed by atoms with E-state index in [1.54, 1.807) is 50.3 Å². The molecule has 0 aliphatic rings. The Morgan fingerprint density at radius 2 is 1.03 bits per heavy atom. The smallest absolute Gasteiger partial charge is 0.333 e. The van der Waals surface area contributed by atoms with E-state index in [1.807, 2.05) is 24.3 Å². The van der Waals surface area contributed by atoms with Crippen LogP contribution < -0.4 is 9.47 Å². The van der Waals surface area contributed by atoms with Crippen LogP contribution in [0.5, 0.6) is 11.5 Å². The maximum absolute atomic E-state index is 11.7. The van der Waals surface area contributed by atoms with Crippen LogP contribution in [-0.2, 0) is 24.5 Å². The summed E-state index contributed by atoms with van der Waals surface area (Å²) >= 11 is 0. The van der Waals surface area contributed by atoms with Crippen LogP contribution >= 0.6 is 0 Å². The SMILES string of the molecule is CC=CC(=O)OC(Oc1ccc(C(C)(C)c2ccc(OC(OC(=O)C=CC)C(C)O)cc2)cc1)C(C)O.